The molecule has 98 valence electrons. The van der Waals surface area contributed by atoms with Crippen molar-refractivity contribution in [2.45, 2.75) is 30.9 Å². The summed E-state index contributed by atoms with van der Waals surface area (Å²) < 4.78 is -0.227. The van der Waals surface area contributed by atoms with Crippen LogP contribution in [0.25, 0.3) is 0 Å². The molecule has 4 heteroatoms. The monoisotopic (exact) mass is 265 g/mol. The fourth-order valence-electron chi connectivity index (χ4n) is 2.13. The number of rotatable bonds is 4. The first-order chi connectivity index (χ1) is 8.60. The molecule has 1 unspecified atom stereocenters. The van der Waals surface area contributed by atoms with Crippen LogP contribution in [0.4, 0.5) is 0 Å². The van der Waals surface area contributed by atoms with E-state index in [4.69, 9.17) is 0 Å². The normalized spacial score (nSPS) is 22.9. The Hall–Kier alpha value is -1.16. The molecule has 0 saturated carbocycles. The number of amides is 1. The minimum Gasteiger partial charge on any atom is -0.508 e. The third-order valence-electron chi connectivity index (χ3n) is 3.33. The fraction of sp³-hybridized carbons (Fsp3) is 0.500. The summed E-state index contributed by atoms with van der Waals surface area (Å²) in [7, 11) is 0. The maximum atomic E-state index is 12.0. The Morgan fingerprint density at radius 3 is 2.78 bits per heavy atom. The fourth-order valence-corrected chi connectivity index (χ4v) is 3.36. The first-order valence-electron chi connectivity index (χ1n) is 6.30. The number of nitrogens with one attached hydrogen (secondary N) is 1. The summed E-state index contributed by atoms with van der Waals surface area (Å²) in [5.74, 6) is 1.52. The second-order valence-corrected chi connectivity index (χ2v) is 6.45. The molecule has 0 radical (unpaired) electrons. The van der Waals surface area contributed by atoms with E-state index in [1.807, 2.05) is 19.1 Å². The molecular weight excluding hydrogens is 246 g/mol. The second-order valence-electron chi connectivity index (χ2n) is 4.86. The van der Waals surface area contributed by atoms with Crippen molar-refractivity contribution in [3.63, 3.8) is 0 Å². The molecule has 1 atom stereocenters. The molecule has 1 aromatic rings. The van der Waals surface area contributed by atoms with Crippen LogP contribution in [0.3, 0.4) is 0 Å². The predicted octanol–water partition coefficient (Wildman–Crippen LogP) is 2.34. The van der Waals surface area contributed by atoms with E-state index in [0.717, 1.165) is 30.6 Å². The van der Waals surface area contributed by atoms with Crippen LogP contribution in [-0.2, 0) is 11.2 Å². The molecule has 2 rings (SSSR count). The molecule has 1 saturated heterocycles. The van der Waals surface area contributed by atoms with Crippen molar-refractivity contribution in [1.82, 2.24) is 5.32 Å². The Morgan fingerprint density at radius 1 is 1.44 bits per heavy atom. The van der Waals surface area contributed by atoms with Gasteiger partial charge in [-0.3, -0.25) is 4.79 Å². The molecule has 0 aliphatic carbocycles. The van der Waals surface area contributed by atoms with Gasteiger partial charge in [0.15, 0.2) is 0 Å². The van der Waals surface area contributed by atoms with Gasteiger partial charge in [-0.25, -0.2) is 0 Å². The Morgan fingerprint density at radius 2 is 2.17 bits per heavy atom. The lowest BCUT2D eigenvalue weighted by atomic mass is 10.0. The number of carbonyl (C=O) groups excluding carboxylic acids is 1. The smallest absolute Gasteiger partial charge is 0.235 e. The van der Waals surface area contributed by atoms with Crippen molar-refractivity contribution in [2.24, 2.45) is 0 Å². The van der Waals surface area contributed by atoms with Crippen LogP contribution in [0, 0.1) is 0 Å². The van der Waals surface area contributed by atoms with Crippen molar-refractivity contribution in [1.29, 1.82) is 0 Å². The summed E-state index contributed by atoms with van der Waals surface area (Å²) in [5, 5.41) is 12.2. The number of hydrogen-bond donors (Lipinski definition) is 2. The zero-order valence-electron chi connectivity index (χ0n) is 10.6. The first-order valence-corrected chi connectivity index (χ1v) is 7.29. The molecule has 1 aliphatic rings. The molecule has 1 fully saturated rings. The standard InChI is InChI=1S/C14H19NO2S/c1-14(8-2-10-18-14)13(17)15-9-7-11-3-5-12(16)6-4-11/h3-6,16H,2,7-10H2,1H3,(H,15,17). The molecule has 1 aliphatic heterocycles. The number of thioether (sulfide) groups is 1. The highest BCUT2D eigenvalue weighted by molar-refractivity contribution is 8.01. The highest BCUT2D eigenvalue weighted by atomic mass is 32.2. The van der Waals surface area contributed by atoms with Gasteiger partial charge in [0.2, 0.25) is 5.91 Å². The first kappa shape index (κ1) is 13.3. The van der Waals surface area contributed by atoms with E-state index in [1.165, 1.54) is 0 Å². The summed E-state index contributed by atoms with van der Waals surface area (Å²) in [4.78, 5) is 12.0. The maximum Gasteiger partial charge on any atom is 0.235 e. The maximum absolute atomic E-state index is 12.0. The zero-order valence-corrected chi connectivity index (χ0v) is 11.4. The van der Waals surface area contributed by atoms with Crippen molar-refractivity contribution in [2.75, 3.05) is 12.3 Å². The summed E-state index contributed by atoms with van der Waals surface area (Å²) >= 11 is 1.76. The van der Waals surface area contributed by atoms with Gasteiger partial charge in [0, 0.05) is 6.54 Å². The lowest BCUT2D eigenvalue weighted by molar-refractivity contribution is -0.123. The van der Waals surface area contributed by atoms with Crippen LogP contribution in [0.5, 0.6) is 5.75 Å². The van der Waals surface area contributed by atoms with Gasteiger partial charge in [-0.15, -0.1) is 11.8 Å². The van der Waals surface area contributed by atoms with Crippen LogP contribution in [0.1, 0.15) is 25.3 Å². The van der Waals surface area contributed by atoms with Crippen LogP contribution >= 0.6 is 11.8 Å². The van der Waals surface area contributed by atoms with Gasteiger partial charge in [0.05, 0.1) is 4.75 Å². The lowest BCUT2D eigenvalue weighted by Crippen LogP contribution is -2.41. The number of aromatic hydroxyl groups is 1. The molecule has 1 heterocycles. The van der Waals surface area contributed by atoms with Crippen molar-refractivity contribution < 1.29 is 9.90 Å². The van der Waals surface area contributed by atoms with E-state index in [-0.39, 0.29) is 16.4 Å². The van der Waals surface area contributed by atoms with Crippen LogP contribution in [0.2, 0.25) is 0 Å². The lowest BCUT2D eigenvalue weighted by Gasteiger charge is -2.21. The van der Waals surface area contributed by atoms with Crippen molar-refractivity contribution >= 4 is 17.7 Å². The number of carbonyl (C=O) groups is 1. The number of benzene rings is 1. The third-order valence-corrected chi connectivity index (χ3v) is 4.85. The second kappa shape index (κ2) is 5.65. The van der Waals surface area contributed by atoms with Gasteiger partial charge in [-0.05, 0) is 49.6 Å². The molecular formula is C14H19NO2S. The molecule has 18 heavy (non-hydrogen) atoms. The van der Waals surface area contributed by atoms with E-state index in [0.29, 0.717) is 6.54 Å². The van der Waals surface area contributed by atoms with Crippen LogP contribution < -0.4 is 5.32 Å². The quantitative estimate of drug-likeness (QED) is 0.878. The number of hydrogen-bond acceptors (Lipinski definition) is 3. The van der Waals surface area contributed by atoms with E-state index in [1.54, 1.807) is 23.9 Å². The average molecular weight is 265 g/mol. The number of phenolic OH excluding ortho intramolecular Hbond substituents is 1. The Kier molecular flexibility index (Phi) is 4.17. The van der Waals surface area contributed by atoms with E-state index in [9.17, 15) is 9.90 Å². The minimum absolute atomic E-state index is 0.156. The highest BCUT2D eigenvalue weighted by Gasteiger charge is 2.36. The third kappa shape index (κ3) is 3.19. The molecule has 0 bridgehead atoms. The van der Waals surface area contributed by atoms with Crippen molar-refractivity contribution in [3.05, 3.63) is 29.8 Å². The predicted molar refractivity (Wildman–Crippen MR) is 74.9 cm³/mol. The van der Waals surface area contributed by atoms with Crippen LogP contribution in [0.15, 0.2) is 24.3 Å². The van der Waals surface area contributed by atoms with E-state index >= 15 is 0 Å². The highest BCUT2D eigenvalue weighted by Crippen LogP contribution is 2.37. The van der Waals surface area contributed by atoms with Gasteiger partial charge in [-0.1, -0.05) is 12.1 Å². The largest absolute Gasteiger partial charge is 0.508 e. The molecule has 1 aromatic carbocycles. The van der Waals surface area contributed by atoms with Crippen LogP contribution in [-0.4, -0.2) is 28.1 Å². The van der Waals surface area contributed by atoms with Gasteiger partial charge >= 0.3 is 0 Å². The van der Waals surface area contributed by atoms with E-state index in [2.05, 4.69) is 5.32 Å². The summed E-state index contributed by atoms with van der Waals surface area (Å²) in [6.45, 7) is 2.68. The van der Waals surface area contributed by atoms with Gasteiger partial charge in [0.1, 0.15) is 5.75 Å². The average Bonchev–Trinajstić information content (AvgIpc) is 2.80. The summed E-state index contributed by atoms with van der Waals surface area (Å²) in [6.07, 6.45) is 2.90. The Labute approximate surface area is 112 Å². The SMILES string of the molecule is CC1(C(=O)NCCc2ccc(O)cc2)CCCS1. The number of phenols is 1. The Bertz CT molecular complexity index is 410. The molecule has 0 aromatic heterocycles. The molecule has 0 spiro atoms. The minimum atomic E-state index is -0.227. The van der Waals surface area contributed by atoms with E-state index < -0.39 is 0 Å². The Balaban J connectivity index is 1.78. The molecule has 3 nitrogen and oxygen atoms in total. The van der Waals surface area contributed by atoms with Gasteiger partial charge < -0.3 is 10.4 Å². The van der Waals surface area contributed by atoms with Crippen molar-refractivity contribution in [3.8, 4) is 5.75 Å². The summed E-state index contributed by atoms with van der Waals surface area (Å²) in [5.41, 5.74) is 1.12. The molecule has 1 amide bonds. The van der Waals surface area contributed by atoms with Gasteiger partial charge in [-0.2, -0.15) is 0 Å². The topological polar surface area (TPSA) is 49.3 Å². The summed E-state index contributed by atoms with van der Waals surface area (Å²) in [6, 6.07) is 7.11. The van der Waals surface area contributed by atoms with Gasteiger partial charge in [0.25, 0.3) is 0 Å². The zero-order chi connectivity index (χ0) is 13.0. The molecule has 2 N–H and O–H groups in total.